The molecular formula is C14H28N4. The van der Waals surface area contributed by atoms with Crippen molar-refractivity contribution >= 4 is 0 Å². The quantitative estimate of drug-likeness (QED) is 0.668. The summed E-state index contributed by atoms with van der Waals surface area (Å²) in [6.07, 6.45) is 3.48. The molecule has 0 radical (unpaired) electrons. The molecule has 1 atom stereocenters. The van der Waals surface area contributed by atoms with Gasteiger partial charge in [-0.15, -0.1) is 0 Å². The Kier molecular flexibility index (Phi) is 6.07. The Morgan fingerprint density at radius 2 is 1.94 bits per heavy atom. The van der Waals surface area contributed by atoms with Crippen LogP contribution in [0.1, 0.15) is 26.2 Å². The number of hydrogen-bond acceptors (Lipinski definition) is 4. The molecule has 1 fully saturated rings. The van der Waals surface area contributed by atoms with Crippen molar-refractivity contribution in [2.45, 2.75) is 31.7 Å². The third-order valence-electron chi connectivity index (χ3n) is 3.61. The van der Waals surface area contributed by atoms with Crippen molar-refractivity contribution in [3.63, 3.8) is 0 Å². The maximum atomic E-state index is 9.59. The highest BCUT2D eigenvalue weighted by atomic mass is 15.2. The third kappa shape index (κ3) is 4.56. The van der Waals surface area contributed by atoms with E-state index in [1.54, 1.807) is 0 Å². The van der Waals surface area contributed by atoms with Crippen molar-refractivity contribution < 1.29 is 0 Å². The molecule has 1 N–H and O–H groups in total. The molecule has 0 bridgehead atoms. The van der Waals surface area contributed by atoms with Crippen LogP contribution in [0.5, 0.6) is 0 Å². The summed E-state index contributed by atoms with van der Waals surface area (Å²) < 4.78 is 0. The van der Waals surface area contributed by atoms with Crippen LogP contribution < -0.4 is 5.32 Å². The minimum absolute atomic E-state index is 0.322. The lowest BCUT2D eigenvalue weighted by Gasteiger charge is -2.33. The van der Waals surface area contributed by atoms with Gasteiger partial charge in [0.1, 0.15) is 5.54 Å². The van der Waals surface area contributed by atoms with Crippen LogP contribution in [0.4, 0.5) is 0 Å². The van der Waals surface area contributed by atoms with Crippen molar-refractivity contribution in [2.75, 3.05) is 47.3 Å². The van der Waals surface area contributed by atoms with Gasteiger partial charge in [0, 0.05) is 19.6 Å². The molecule has 0 aromatic heterocycles. The SMILES string of the molecule is CCCNC(C#N)(CN(C)CCN(C)C)C1CC1. The molecule has 1 unspecified atom stereocenters. The van der Waals surface area contributed by atoms with Gasteiger partial charge in [-0.2, -0.15) is 5.26 Å². The Hall–Kier alpha value is -0.630. The van der Waals surface area contributed by atoms with Crippen LogP contribution in [0.2, 0.25) is 0 Å². The standard InChI is InChI=1S/C14H28N4/c1-5-8-16-14(11-15,13-6-7-13)12-18(4)10-9-17(2)3/h13,16H,5-10,12H2,1-4H3. The summed E-state index contributed by atoms with van der Waals surface area (Å²) >= 11 is 0. The summed E-state index contributed by atoms with van der Waals surface area (Å²) in [5.74, 6) is 0.552. The minimum Gasteiger partial charge on any atom is -0.308 e. The van der Waals surface area contributed by atoms with Crippen LogP contribution in [0.25, 0.3) is 0 Å². The molecular weight excluding hydrogens is 224 g/mol. The molecule has 18 heavy (non-hydrogen) atoms. The second-order valence-corrected chi connectivity index (χ2v) is 5.83. The van der Waals surface area contributed by atoms with Crippen LogP contribution in [0.15, 0.2) is 0 Å². The zero-order valence-electron chi connectivity index (χ0n) is 12.4. The second-order valence-electron chi connectivity index (χ2n) is 5.83. The average molecular weight is 252 g/mol. The zero-order valence-corrected chi connectivity index (χ0v) is 12.4. The first-order chi connectivity index (χ1) is 8.54. The fourth-order valence-electron chi connectivity index (χ4n) is 2.30. The highest BCUT2D eigenvalue weighted by Gasteiger charge is 2.45. The molecule has 0 aromatic carbocycles. The highest BCUT2D eigenvalue weighted by Crippen LogP contribution is 2.39. The maximum absolute atomic E-state index is 9.59. The van der Waals surface area contributed by atoms with E-state index in [0.717, 1.165) is 32.6 Å². The smallest absolute Gasteiger partial charge is 0.122 e. The van der Waals surface area contributed by atoms with Gasteiger partial charge in [-0.3, -0.25) is 5.32 Å². The largest absolute Gasteiger partial charge is 0.308 e. The highest BCUT2D eigenvalue weighted by molar-refractivity contribution is 5.16. The predicted octanol–water partition coefficient (Wildman–Crippen LogP) is 1.15. The van der Waals surface area contributed by atoms with Crippen molar-refractivity contribution in [1.82, 2.24) is 15.1 Å². The van der Waals surface area contributed by atoms with Gasteiger partial charge in [0.2, 0.25) is 0 Å². The van der Waals surface area contributed by atoms with Crippen LogP contribution in [0, 0.1) is 17.2 Å². The van der Waals surface area contributed by atoms with Crippen molar-refractivity contribution in [2.24, 2.45) is 5.92 Å². The van der Waals surface area contributed by atoms with E-state index < -0.39 is 0 Å². The predicted molar refractivity (Wildman–Crippen MR) is 75.4 cm³/mol. The van der Waals surface area contributed by atoms with E-state index >= 15 is 0 Å². The van der Waals surface area contributed by atoms with Crippen LogP contribution >= 0.6 is 0 Å². The molecule has 4 heteroatoms. The van der Waals surface area contributed by atoms with Gasteiger partial charge in [-0.25, -0.2) is 0 Å². The first kappa shape index (κ1) is 15.4. The van der Waals surface area contributed by atoms with Gasteiger partial charge >= 0.3 is 0 Å². The molecule has 0 heterocycles. The molecule has 104 valence electrons. The molecule has 1 saturated carbocycles. The molecule has 0 saturated heterocycles. The van der Waals surface area contributed by atoms with Crippen LogP contribution in [-0.4, -0.2) is 62.7 Å². The lowest BCUT2D eigenvalue weighted by atomic mass is 9.94. The Labute approximate surface area is 112 Å². The summed E-state index contributed by atoms with van der Waals surface area (Å²) in [7, 11) is 6.29. The van der Waals surface area contributed by atoms with Gasteiger partial charge in [0.15, 0.2) is 0 Å². The lowest BCUT2D eigenvalue weighted by Crippen LogP contribution is -2.54. The van der Waals surface area contributed by atoms with E-state index in [-0.39, 0.29) is 5.54 Å². The number of likely N-dealkylation sites (N-methyl/N-ethyl adjacent to an activating group) is 2. The Balaban J connectivity index is 2.52. The fraction of sp³-hybridized carbons (Fsp3) is 0.929. The van der Waals surface area contributed by atoms with Gasteiger partial charge in [-0.05, 0) is 52.9 Å². The molecule has 0 aliphatic heterocycles. The summed E-state index contributed by atoms with van der Waals surface area (Å²) in [4.78, 5) is 4.46. The third-order valence-corrected chi connectivity index (χ3v) is 3.61. The van der Waals surface area contributed by atoms with Crippen molar-refractivity contribution in [1.29, 1.82) is 5.26 Å². The van der Waals surface area contributed by atoms with Gasteiger partial charge < -0.3 is 9.80 Å². The molecule has 0 amide bonds. The lowest BCUT2D eigenvalue weighted by molar-refractivity contribution is 0.211. The van der Waals surface area contributed by atoms with Gasteiger partial charge in [0.25, 0.3) is 0 Å². The molecule has 1 rings (SSSR count). The van der Waals surface area contributed by atoms with Crippen LogP contribution in [-0.2, 0) is 0 Å². The molecule has 0 spiro atoms. The van der Waals surface area contributed by atoms with E-state index in [9.17, 15) is 5.26 Å². The number of hydrogen-bond donors (Lipinski definition) is 1. The maximum Gasteiger partial charge on any atom is 0.122 e. The Bertz CT molecular complexity index is 280. The molecule has 0 aromatic rings. The van der Waals surface area contributed by atoms with E-state index in [4.69, 9.17) is 0 Å². The summed E-state index contributed by atoms with van der Waals surface area (Å²) in [5, 5.41) is 13.1. The van der Waals surface area contributed by atoms with Crippen LogP contribution in [0.3, 0.4) is 0 Å². The van der Waals surface area contributed by atoms with Gasteiger partial charge in [-0.1, -0.05) is 6.92 Å². The monoisotopic (exact) mass is 252 g/mol. The topological polar surface area (TPSA) is 42.3 Å². The van der Waals surface area contributed by atoms with E-state index in [1.165, 1.54) is 12.8 Å². The Morgan fingerprint density at radius 1 is 1.28 bits per heavy atom. The molecule has 1 aliphatic carbocycles. The summed E-state index contributed by atoms with van der Waals surface area (Å²) in [6.45, 7) is 5.97. The average Bonchev–Trinajstić information content (AvgIpc) is 3.16. The first-order valence-corrected chi connectivity index (χ1v) is 7.03. The van der Waals surface area contributed by atoms with Gasteiger partial charge in [0.05, 0.1) is 6.07 Å². The summed E-state index contributed by atoms with van der Waals surface area (Å²) in [6, 6.07) is 2.56. The number of rotatable bonds is 9. The fourth-order valence-corrected chi connectivity index (χ4v) is 2.30. The minimum atomic E-state index is -0.322. The normalized spacial score (nSPS) is 18.9. The summed E-state index contributed by atoms with van der Waals surface area (Å²) in [5.41, 5.74) is -0.322. The Morgan fingerprint density at radius 3 is 2.39 bits per heavy atom. The molecule has 1 aliphatic rings. The van der Waals surface area contributed by atoms with E-state index in [2.05, 4.69) is 49.3 Å². The van der Waals surface area contributed by atoms with Crippen molar-refractivity contribution in [3.05, 3.63) is 0 Å². The second kappa shape index (κ2) is 7.08. The number of nitriles is 1. The number of nitrogens with zero attached hydrogens (tertiary/aromatic N) is 3. The number of nitrogens with one attached hydrogen (secondary N) is 1. The van der Waals surface area contributed by atoms with E-state index in [1.807, 2.05) is 0 Å². The first-order valence-electron chi connectivity index (χ1n) is 7.03. The zero-order chi connectivity index (χ0) is 13.6. The molecule has 4 nitrogen and oxygen atoms in total. The van der Waals surface area contributed by atoms with E-state index in [0.29, 0.717) is 5.92 Å². The van der Waals surface area contributed by atoms with Crippen molar-refractivity contribution in [3.8, 4) is 6.07 Å².